The molecule has 2 atom stereocenters. The third-order valence-electron chi connectivity index (χ3n) is 4.77. The van der Waals surface area contributed by atoms with Gasteiger partial charge in [-0.05, 0) is 51.6 Å². The Kier molecular flexibility index (Phi) is 5.02. The SMILES string of the molecule is CNC(=O)C1(C)CCN(C(=O)CCC2CCCNC2)C1. The van der Waals surface area contributed by atoms with Gasteiger partial charge in [-0.25, -0.2) is 0 Å². The first kappa shape index (κ1) is 15.3. The van der Waals surface area contributed by atoms with Crippen molar-refractivity contribution >= 4 is 11.8 Å². The highest BCUT2D eigenvalue weighted by molar-refractivity contribution is 5.84. The van der Waals surface area contributed by atoms with E-state index in [9.17, 15) is 9.59 Å². The maximum Gasteiger partial charge on any atom is 0.227 e. The van der Waals surface area contributed by atoms with Gasteiger partial charge in [-0.15, -0.1) is 0 Å². The van der Waals surface area contributed by atoms with Crippen molar-refractivity contribution in [3.8, 4) is 0 Å². The van der Waals surface area contributed by atoms with Crippen LogP contribution >= 0.6 is 0 Å². The topological polar surface area (TPSA) is 61.4 Å². The lowest BCUT2D eigenvalue weighted by Gasteiger charge is -2.25. The molecule has 0 spiro atoms. The van der Waals surface area contributed by atoms with Crippen LogP contribution in [-0.4, -0.2) is 49.9 Å². The van der Waals surface area contributed by atoms with Crippen LogP contribution in [0, 0.1) is 11.3 Å². The Labute approximate surface area is 121 Å². The summed E-state index contributed by atoms with van der Waals surface area (Å²) < 4.78 is 0. The zero-order valence-corrected chi connectivity index (χ0v) is 12.7. The molecule has 0 aromatic carbocycles. The fourth-order valence-electron chi connectivity index (χ4n) is 3.32. The van der Waals surface area contributed by atoms with E-state index in [0.29, 0.717) is 25.4 Å². The van der Waals surface area contributed by atoms with Gasteiger partial charge in [0, 0.05) is 26.6 Å². The first-order chi connectivity index (χ1) is 9.55. The van der Waals surface area contributed by atoms with Gasteiger partial charge >= 0.3 is 0 Å². The minimum atomic E-state index is -0.406. The molecule has 5 heteroatoms. The average molecular weight is 281 g/mol. The van der Waals surface area contributed by atoms with Crippen LogP contribution in [0.1, 0.15) is 39.0 Å². The molecule has 2 heterocycles. The summed E-state index contributed by atoms with van der Waals surface area (Å²) in [6, 6.07) is 0. The Hall–Kier alpha value is -1.10. The number of rotatable bonds is 4. The molecule has 2 amide bonds. The van der Waals surface area contributed by atoms with Crippen LogP contribution in [0.2, 0.25) is 0 Å². The van der Waals surface area contributed by atoms with Crippen LogP contribution in [0.25, 0.3) is 0 Å². The molecule has 5 nitrogen and oxygen atoms in total. The molecule has 2 unspecified atom stereocenters. The fourth-order valence-corrected chi connectivity index (χ4v) is 3.32. The largest absolute Gasteiger partial charge is 0.359 e. The van der Waals surface area contributed by atoms with E-state index in [4.69, 9.17) is 0 Å². The number of carbonyl (C=O) groups excluding carboxylic acids is 2. The highest BCUT2D eigenvalue weighted by Gasteiger charge is 2.41. The number of amides is 2. The molecule has 114 valence electrons. The number of hydrogen-bond donors (Lipinski definition) is 2. The highest BCUT2D eigenvalue weighted by atomic mass is 16.2. The second-order valence-electron chi connectivity index (χ2n) is 6.46. The van der Waals surface area contributed by atoms with Crippen LogP contribution in [-0.2, 0) is 9.59 Å². The second-order valence-corrected chi connectivity index (χ2v) is 6.46. The molecule has 0 radical (unpaired) electrons. The Morgan fingerprint density at radius 1 is 1.45 bits per heavy atom. The molecular weight excluding hydrogens is 254 g/mol. The van der Waals surface area contributed by atoms with Crippen molar-refractivity contribution in [1.29, 1.82) is 0 Å². The fraction of sp³-hybridized carbons (Fsp3) is 0.867. The maximum absolute atomic E-state index is 12.3. The molecule has 2 saturated heterocycles. The molecule has 2 N–H and O–H groups in total. The van der Waals surface area contributed by atoms with Crippen molar-refractivity contribution in [3.05, 3.63) is 0 Å². The summed E-state index contributed by atoms with van der Waals surface area (Å²) in [6.45, 7) is 5.38. The standard InChI is InChI=1S/C15H27N3O2/c1-15(14(20)16-2)7-9-18(11-15)13(19)6-5-12-4-3-8-17-10-12/h12,17H,3-11H2,1-2H3,(H,16,20). The first-order valence-electron chi connectivity index (χ1n) is 7.76. The predicted octanol–water partition coefficient (Wildman–Crippen LogP) is 0.751. The zero-order chi connectivity index (χ0) is 14.6. The molecule has 2 rings (SSSR count). The van der Waals surface area contributed by atoms with Crippen molar-refractivity contribution < 1.29 is 9.59 Å². The number of carbonyl (C=O) groups is 2. The van der Waals surface area contributed by atoms with Crippen LogP contribution in [0.3, 0.4) is 0 Å². The minimum Gasteiger partial charge on any atom is -0.359 e. The molecule has 0 aromatic heterocycles. The molecular formula is C15H27N3O2. The lowest BCUT2D eigenvalue weighted by molar-refractivity contribution is -0.132. The summed E-state index contributed by atoms with van der Waals surface area (Å²) >= 11 is 0. The van der Waals surface area contributed by atoms with Gasteiger partial charge in [0.2, 0.25) is 11.8 Å². The Bertz CT molecular complexity index is 366. The average Bonchev–Trinajstić information content (AvgIpc) is 2.89. The van der Waals surface area contributed by atoms with E-state index in [1.807, 2.05) is 11.8 Å². The van der Waals surface area contributed by atoms with Gasteiger partial charge in [-0.2, -0.15) is 0 Å². The van der Waals surface area contributed by atoms with Crippen molar-refractivity contribution in [2.45, 2.75) is 39.0 Å². The summed E-state index contributed by atoms with van der Waals surface area (Å²) in [5.41, 5.74) is -0.406. The monoisotopic (exact) mass is 281 g/mol. The molecule has 2 aliphatic rings. The molecule has 0 aromatic rings. The van der Waals surface area contributed by atoms with Gasteiger partial charge in [-0.1, -0.05) is 0 Å². The van der Waals surface area contributed by atoms with E-state index in [2.05, 4.69) is 10.6 Å². The highest BCUT2D eigenvalue weighted by Crippen LogP contribution is 2.30. The molecule has 0 saturated carbocycles. The van der Waals surface area contributed by atoms with E-state index >= 15 is 0 Å². The smallest absolute Gasteiger partial charge is 0.227 e. The predicted molar refractivity (Wildman–Crippen MR) is 78.2 cm³/mol. The molecule has 0 aliphatic carbocycles. The Morgan fingerprint density at radius 2 is 2.25 bits per heavy atom. The number of nitrogens with zero attached hydrogens (tertiary/aromatic N) is 1. The summed E-state index contributed by atoms with van der Waals surface area (Å²) in [5, 5.41) is 6.09. The Morgan fingerprint density at radius 3 is 2.90 bits per heavy atom. The van der Waals surface area contributed by atoms with Crippen molar-refractivity contribution in [2.24, 2.45) is 11.3 Å². The number of hydrogen-bond acceptors (Lipinski definition) is 3. The van der Waals surface area contributed by atoms with Crippen LogP contribution in [0.15, 0.2) is 0 Å². The minimum absolute atomic E-state index is 0.0456. The van der Waals surface area contributed by atoms with E-state index in [0.717, 1.165) is 25.9 Å². The number of likely N-dealkylation sites (tertiary alicyclic amines) is 1. The summed E-state index contributed by atoms with van der Waals surface area (Å²) in [7, 11) is 1.66. The molecule has 20 heavy (non-hydrogen) atoms. The van der Waals surface area contributed by atoms with Crippen molar-refractivity contribution in [1.82, 2.24) is 15.5 Å². The molecule has 0 bridgehead atoms. The van der Waals surface area contributed by atoms with Crippen molar-refractivity contribution in [3.63, 3.8) is 0 Å². The lowest BCUT2D eigenvalue weighted by atomic mass is 9.89. The summed E-state index contributed by atoms with van der Waals surface area (Å²) in [5.74, 6) is 0.896. The van der Waals surface area contributed by atoms with Gasteiger partial charge in [0.25, 0.3) is 0 Å². The van der Waals surface area contributed by atoms with E-state index in [1.165, 1.54) is 12.8 Å². The van der Waals surface area contributed by atoms with Crippen LogP contribution in [0.5, 0.6) is 0 Å². The summed E-state index contributed by atoms with van der Waals surface area (Å²) in [6.07, 6.45) is 4.81. The lowest BCUT2D eigenvalue weighted by Crippen LogP contribution is -2.40. The number of nitrogens with one attached hydrogen (secondary N) is 2. The van der Waals surface area contributed by atoms with Gasteiger partial charge in [0.15, 0.2) is 0 Å². The van der Waals surface area contributed by atoms with Crippen molar-refractivity contribution in [2.75, 3.05) is 33.2 Å². The van der Waals surface area contributed by atoms with E-state index in [1.54, 1.807) is 7.05 Å². The van der Waals surface area contributed by atoms with Gasteiger partial charge in [-0.3, -0.25) is 9.59 Å². The van der Waals surface area contributed by atoms with Gasteiger partial charge in [0.05, 0.1) is 5.41 Å². The second kappa shape index (κ2) is 6.57. The van der Waals surface area contributed by atoms with Crippen LogP contribution in [0.4, 0.5) is 0 Å². The summed E-state index contributed by atoms with van der Waals surface area (Å²) in [4.78, 5) is 26.0. The van der Waals surface area contributed by atoms with Crippen LogP contribution < -0.4 is 10.6 Å². The normalized spacial score (nSPS) is 30.3. The van der Waals surface area contributed by atoms with E-state index in [-0.39, 0.29) is 11.8 Å². The van der Waals surface area contributed by atoms with Gasteiger partial charge in [0.1, 0.15) is 0 Å². The molecule has 2 aliphatic heterocycles. The third-order valence-corrected chi connectivity index (χ3v) is 4.77. The quantitative estimate of drug-likeness (QED) is 0.799. The third kappa shape index (κ3) is 3.51. The van der Waals surface area contributed by atoms with E-state index < -0.39 is 5.41 Å². The number of piperidine rings is 1. The maximum atomic E-state index is 12.3. The van der Waals surface area contributed by atoms with Gasteiger partial charge < -0.3 is 15.5 Å². The first-order valence-corrected chi connectivity index (χ1v) is 7.76. The Balaban J connectivity index is 1.77. The zero-order valence-electron chi connectivity index (χ0n) is 12.7. The molecule has 2 fully saturated rings.